The number of benzene rings is 3. The third kappa shape index (κ3) is 3.43. The Kier molecular flexibility index (Phi) is 4.61. The van der Waals surface area contributed by atoms with Crippen molar-refractivity contribution in [2.45, 2.75) is 58.9 Å². The third-order valence-electron chi connectivity index (χ3n) is 5.90. The van der Waals surface area contributed by atoms with Gasteiger partial charge < -0.3 is 14.8 Å². The summed E-state index contributed by atoms with van der Waals surface area (Å²) in [5.74, 6) is 0.598. The quantitative estimate of drug-likeness (QED) is 0.386. The molecule has 0 aliphatic carbocycles. The molecule has 0 saturated heterocycles. The smallest absolute Gasteiger partial charge is 0.120 e. The van der Waals surface area contributed by atoms with Gasteiger partial charge in [-0.15, -0.1) is 0 Å². The van der Waals surface area contributed by atoms with Crippen LogP contribution in [0.3, 0.4) is 0 Å². The van der Waals surface area contributed by atoms with Crippen LogP contribution in [0, 0.1) is 0 Å². The molecule has 2 N–H and O–H groups in total. The molecule has 30 heavy (non-hydrogen) atoms. The summed E-state index contributed by atoms with van der Waals surface area (Å²) in [5, 5.41) is 23.5. The Labute approximate surface area is 178 Å². The number of aromatic hydroxyl groups is 2. The molecule has 0 amide bonds. The molecule has 0 fully saturated rings. The van der Waals surface area contributed by atoms with Gasteiger partial charge in [0.25, 0.3) is 0 Å². The van der Waals surface area contributed by atoms with Crippen LogP contribution >= 0.6 is 0 Å². The van der Waals surface area contributed by atoms with Crippen molar-refractivity contribution in [3.63, 3.8) is 0 Å². The molecular formula is C27H31NO2. The zero-order valence-electron chi connectivity index (χ0n) is 18.7. The van der Waals surface area contributed by atoms with Crippen LogP contribution in [0.5, 0.6) is 11.5 Å². The standard InChI is InChI=1S/C27H31NO2/c1-26(2,3)20-14-22-18(12-24(20)29)19-13-25(30)21(27(4,5)6)15-23(19)28(22)16-17-10-8-7-9-11-17/h7-15,29-30H,16H2,1-6H3. The molecule has 0 spiro atoms. The van der Waals surface area contributed by atoms with Crippen molar-refractivity contribution < 1.29 is 10.2 Å². The van der Waals surface area contributed by atoms with E-state index in [1.54, 1.807) is 0 Å². The Morgan fingerprint density at radius 1 is 0.667 bits per heavy atom. The number of phenols is 2. The maximum atomic E-state index is 10.8. The lowest BCUT2D eigenvalue weighted by molar-refractivity contribution is 0.446. The van der Waals surface area contributed by atoms with Gasteiger partial charge in [-0.1, -0.05) is 71.9 Å². The zero-order chi connectivity index (χ0) is 21.8. The van der Waals surface area contributed by atoms with Crippen LogP contribution in [0.1, 0.15) is 58.2 Å². The molecule has 3 nitrogen and oxygen atoms in total. The summed E-state index contributed by atoms with van der Waals surface area (Å²) in [7, 11) is 0. The number of rotatable bonds is 2. The van der Waals surface area contributed by atoms with Gasteiger partial charge in [0.15, 0.2) is 0 Å². The Morgan fingerprint density at radius 3 is 1.50 bits per heavy atom. The highest BCUT2D eigenvalue weighted by atomic mass is 16.3. The van der Waals surface area contributed by atoms with Crippen molar-refractivity contribution >= 4 is 21.8 Å². The summed E-state index contributed by atoms with van der Waals surface area (Å²) in [6.45, 7) is 13.4. The molecule has 3 aromatic carbocycles. The number of hydrogen-bond acceptors (Lipinski definition) is 2. The van der Waals surface area contributed by atoms with Gasteiger partial charge in [-0.05, 0) is 40.7 Å². The first-order chi connectivity index (χ1) is 14.0. The second-order valence-corrected chi connectivity index (χ2v) is 10.3. The van der Waals surface area contributed by atoms with Crippen LogP contribution in [-0.2, 0) is 17.4 Å². The molecule has 156 valence electrons. The summed E-state index contributed by atoms with van der Waals surface area (Å²) < 4.78 is 2.31. The first-order valence-electron chi connectivity index (χ1n) is 10.5. The lowest BCUT2D eigenvalue weighted by Gasteiger charge is -2.21. The van der Waals surface area contributed by atoms with Crippen molar-refractivity contribution in [1.29, 1.82) is 0 Å². The van der Waals surface area contributed by atoms with Crippen LogP contribution < -0.4 is 0 Å². The van der Waals surface area contributed by atoms with Crippen LogP contribution in [-0.4, -0.2) is 14.8 Å². The summed E-state index contributed by atoms with van der Waals surface area (Å²) in [4.78, 5) is 0. The highest BCUT2D eigenvalue weighted by Crippen LogP contribution is 2.42. The van der Waals surface area contributed by atoms with Gasteiger partial charge in [-0.25, -0.2) is 0 Å². The fourth-order valence-electron chi connectivity index (χ4n) is 4.30. The molecule has 0 radical (unpaired) electrons. The molecule has 1 heterocycles. The summed E-state index contributed by atoms with van der Waals surface area (Å²) >= 11 is 0. The molecule has 0 aliphatic rings. The average molecular weight is 402 g/mol. The highest BCUT2D eigenvalue weighted by molar-refractivity contribution is 6.09. The van der Waals surface area contributed by atoms with Crippen molar-refractivity contribution in [2.24, 2.45) is 0 Å². The second-order valence-electron chi connectivity index (χ2n) is 10.3. The Hall–Kier alpha value is -2.94. The SMILES string of the molecule is CC(C)(C)c1cc2c(cc1O)c1cc(O)c(C(C)(C)C)cc1n2Cc1ccccc1. The van der Waals surface area contributed by atoms with Gasteiger partial charge in [0.05, 0.1) is 0 Å². The van der Waals surface area contributed by atoms with E-state index < -0.39 is 0 Å². The predicted octanol–water partition coefficient (Wildman–Crippen LogP) is 6.85. The highest BCUT2D eigenvalue weighted by Gasteiger charge is 2.24. The number of fused-ring (bicyclic) bond motifs is 3. The van der Waals surface area contributed by atoms with E-state index in [0.29, 0.717) is 11.5 Å². The van der Waals surface area contributed by atoms with Crippen molar-refractivity contribution in [2.75, 3.05) is 0 Å². The molecule has 0 unspecified atom stereocenters. The molecule has 0 bridgehead atoms. The van der Waals surface area contributed by atoms with Crippen LogP contribution in [0.15, 0.2) is 54.6 Å². The van der Waals surface area contributed by atoms with E-state index in [1.165, 1.54) is 5.56 Å². The minimum atomic E-state index is -0.176. The summed E-state index contributed by atoms with van der Waals surface area (Å²) in [6.07, 6.45) is 0. The topological polar surface area (TPSA) is 45.4 Å². The fraction of sp³-hybridized carbons (Fsp3) is 0.333. The van der Waals surface area contributed by atoms with E-state index in [2.05, 4.69) is 82.5 Å². The largest absolute Gasteiger partial charge is 0.508 e. The van der Waals surface area contributed by atoms with E-state index in [1.807, 2.05) is 18.2 Å². The molecule has 0 saturated carbocycles. The maximum Gasteiger partial charge on any atom is 0.120 e. The normalized spacial score (nSPS) is 12.7. The van der Waals surface area contributed by atoms with E-state index in [0.717, 1.165) is 39.5 Å². The monoisotopic (exact) mass is 401 g/mol. The summed E-state index contributed by atoms with van der Waals surface area (Å²) in [5.41, 5.74) is 4.85. The number of aromatic nitrogens is 1. The Balaban J connectivity index is 2.10. The maximum absolute atomic E-state index is 10.8. The minimum Gasteiger partial charge on any atom is -0.508 e. The molecule has 0 atom stereocenters. The van der Waals surface area contributed by atoms with Gasteiger partial charge in [-0.3, -0.25) is 0 Å². The first kappa shape index (κ1) is 20.3. The van der Waals surface area contributed by atoms with Crippen molar-refractivity contribution in [1.82, 2.24) is 4.57 Å². The molecular weight excluding hydrogens is 370 g/mol. The van der Waals surface area contributed by atoms with Gasteiger partial charge >= 0.3 is 0 Å². The lowest BCUT2D eigenvalue weighted by atomic mass is 9.85. The minimum absolute atomic E-state index is 0.176. The van der Waals surface area contributed by atoms with Crippen LogP contribution in [0.25, 0.3) is 21.8 Å². The second kappa shape index (κ2) is 6.80. The fourth-order valence-corrected chi connectivity index (χ4v) is 4.30. The van der Waals surface area contributed by atoms with E-state index in [4.69, 9.17) is 0 Å². The van der Waals surface area contributed by atoms with Gasteiger partial charge in [0.1, 0.15) is 11.5 Å². The number of phenolic OH excluding ortho intramolecular Hbond substituents is 2. The third-order valence-corrected chi connectivity index (χ3v) is 5.90. The van der Waals surface area contributed by atoms with Crippen LogP contribution in [0.4, 0.5) is 0 Å². The van der Waals surface area contributed by atoms with Gasteiger partial charge in [-0.2, -0.15) is 0 Å². The van der Waals surface area contributed by atoms with E-state index in [-0.39, 0.29) is 10.8 Å². The van der Waals surface area contributed by atoms with E-state index >= 15 is 0 Å². The lowest BCUT2D eigenvalue weighted by Crippen LogP contribution is -2.12. The number of nitrogens with zero attached hydrogens (tertiary/aromatic N) is 1. The number of hydrogen-bond donors (Lipinski definition) is 2. The average Bonchev–Trinajstić information content (AvgIpc) is 2.92. The van der Waals surface area contributed by atoms with Crippen molar-refractivity contribution in [3.05, 3.63) is 71.3 Å². The predicted molar refractivity (Wildman–Crippen MR) is 126 cm³/mol. The Bertz CT molecular complexity index is 1160. The molecule has 1 aromatic heterocycles. The molecule has 3 heteroatoms. The van der Waals surface area contributed by atoms with Gasteiger partial charge in [0.2, 0.25) is 0 Å². The van der Waals surface area contributed by atoms with Crippen LogP contribution in [0.2, 0.25) is 0 Å². The van der Waals surface area contributed by atoms with Crippen molar-refractivity contribution in [3.8, 4) is 11.5 Å². The first-order valence-corrected chi connectivity index (χ1v) is 10.5. The van der Waals surface area contributed by atoms with E-state index in [9.17, 15) is 10.2 Å². The zero-order valence-corrected chi connectivity index (χ0v) is 18.7. The Morgan fingerprint density at radius 2 is 1.10 bits per heavy atom. The molecule has 4 aromatic rings. The molecule has 4 rings (SSSR count). The summed E-state index contributed by atoms with van der Waals surface area (Å²) in [6, 6.07) is 18.3. The van der Waals surface area contributed by atoms with Gasteiger partial charge in [0, 0.05) is 39.5 Å². The molecule has 0 aliphatic heterocycles.